The third kappa shape index (κ3) is 1.13. The maximum atomic E-state index is 12.7. The molecule has 1 amide bonds. The fraction of sp³-hybridized carbons (Fsp3) is 0.111. The van der Waals surface area contributed by atoms with E-state index in [2.05, 4.69) is 4.99 Å². The summed E-state index contributed by atoms with van der Waals surface area (Å²) in [6.45, 7) is 0. The molecule has 2 nitrogen and oxygen atoms in total. The van der Waals surface area contributed by atoms with E-state index >= 15 is 0 Å². The molecule has 12 heavy (non-hydrogen) atoms. The van der Waals surface area contributed by atoms with Crippen LogP contribution in [0.15, 0.2) is 41.2 Å². The molecule has 1 heterocycles. The molecule has 0 saturated carbocycles. The molecule has 3 heteroatoms. The molecule has 1 unspecified atom stereocenters. The Morgan fingerprint density at radius 2 is 2.17 bits per heavy atom. The van der Waals surface area contributed by atoms with Gasteiger partial charge in [0.1, 0.15) is 5.83 Å². The highest BCUT2D eigenvalue weighted by molar-refractivity contribution is 6.11. The Kier molecular flexibility index (Phi) is 1.50. The molecule has 0 saturated heterocycles. The Morgan fingerprint density at radius 1 is 1.33 bits per heavy atom. The Labute approximate surface area is 68.8 Å². The van der Waals surface area contributed by atoms with E-state index in [0.717, 1.165) is 0 Å². The first-order chi connectivity index (χ1) is 5.75. The zero-order valence-electron chi connectivity index (χ0n) is 6.20. The van der Waals surface area contributed by atoms with Gasteiger partial charge in [-0.05, 0) is 18.2 Å². The zero-order valence-corrected chi connectivity index (χ0v) is 6.20. The van der Waals surface area contributed by atoms with Crippen LogP contribution in [0.4, 0.5) is 4.39 Å². The molecule has 1 aliphatic carbocycles. The summed E-state index contributed by atoms with van der Waals surface area (Å²) >= 11 is 0. The average molecular weight is 163 g/mol. The lowest BCUT2D eigenvalue weighted by Crippen LogP contribution is -2.16. The summed E-state index contributed by atoms with van der Waals surface area (Å²) in [7, 11) is 0. The van der Waals surface area contributed by atoms with Crippen molar-refractivity contribution in [2.45, 2.75) is 0 Å². The second kappa shape index (κ2) is 2.52. The molecule has 2 aliphatic rings. The molecule has 1 atom stereocenters. The smallest absolute Gasteiger partial charge is 0.267 e. The lowest BCUT2D eigenvalue weighted by atomic mass is 9.95. The van der Waals surface area contributed by atoms with Crippen LogP contribution < -0.4 is 0 Å². The topological polar surface area (TPSA) is 29.4 Å². The third-order valence-electron chi connectivity index (χ3n) is 1.78. The summed E-state index contributed by atoms with van der Waals surface area (Å²) in [5.74, 6) is -0.716. The summed E-state index contributed by atoms with van der Waals surface area (Å²) in [5, 5.41) is 0. The van der Waals surface area contributed by atoms with Crippen molar-refractivity contribution in [2.75, 3.05) is 0 Å². The second-order valence-corrected chi connectivity index (χ2v) is 2.64. The molecule has 2 rings (SSSR count). The van der Waals surface area contributed by atoms with E-state index < -0.39 is 0 Å². The van der Waals surface area contributed by atoms with Gasteiger partial charge in [-0.25, -0.2) is 9.38 Å². The summed E-state index contributed by atoms with van der Waals surface area (Å²) in [6, 6.07) is 0. The van der Waals surface area contributed by atoms with E-state index in [-0.39, 0.29) is 17.7 Å². The van der Waals surface area contributed by atoms with Crippen molar-refractivity contribution in [3.05, 3.63) is 36.2 Å². The number of nitrogens with zero attached hydrogens (tertiary/aromatic N) is 1. The van der Waals surface area contributed by atoms with Crippen molar-refractivity contribution < 1.29 is 9.18 Å². The van der Waals surface area contributed by atoms with Gasteiger partial charge in [-0.2, -0.15) is 0 Å². The van der Waals surface area contributed by atoms with Crippen LogP contribution in [0, 0.1) is 5.92 Å². The van der Waals surface area contributed by atoms with Gasteiger partial charge in [0.25, 0.3) is 5.91 Å². The van der Waals surface area contributed by atoms with Gasteiger partial charge in [0.05, 0.1) is 5.71 Å². The molecule has 0 N–H and O–H groups in total. The van der Waals surface area contributed by atoms with Gasteiger partial charge >= 0.3 is 0 Å². The molecule has 0 spiro atoms. The van der Waals surface area contributed by atoms with Gasteiger partial charge in [-0.15, -0.1) is 0 Å². The summed E-state index contributed by atoms with van der Waals surface area (Å²) in [6.07, 6.45) is 7.27. The van der Waals surface area contributed by atoms with Crippen molar-refractivity contribution in [2.24, 2.45) is 10.9 Å². The summed E-state index contributed by atoms with van der Waals surface area (Å²) in [5.41, 5.74) is 0.615. The normalized spacial score (nSPS) is 26.4. The van der Waals surface area contributed by atoms with Crippen LogP contribution >= 0.6 is 0 Å². The molecule has 1 aliphatic heterocycles. The highest BCUT2D eigenvalue weighted by Crippen LogP contribution is 2.19. The lowest BCUT2D eigenvalue weighted by Gasteiger charge is -2.14. The number of halogens is 1. The summed E-state index contributed by atoms with van der Waals surface area (Å²) < 4.78 is 12.7. The van der Waals surface area contributed by atoms with Crippen LogP contribution in [0.25, 0.3) is 0 Å². The van der Waals surface area contributed by atoms with Crippen molar-refractivity contribution in [3.63, 3.8) is 0 Å². The second-order valence-electron chi connectivity index (χ2n) is 2.64. The number of fused-ring (bicyclic) bond motifs is 1. The minimum absolute atomic E-state index is 0.160. The Bertz CT molecular complexity index is 350. The van der Waals surface area contributed by atoms with Gasteiger partial charge in [0, 0.05) is 12.0 Å². The molecule has 0 bridgehead atoms. The maximum absolute atomic E-state index is 12.7. The maximum Gasteiger partial charge on any atom is 0.269 e. The highest BCUT2D eigenvalue weighted by Gasteiger charge is 2.17. The predicted octanol–water partition coefficient (Wildman–Crippen LogP) is 1.56. The number of aliphatic imine (C=N–C) groups is 1. The van der Waals surface area contributed by atoms with Crippen LogP contribution in [0.3, 0.4) is 0 Å². The number of amides is 1. The molecular weight excluding hydrogens is 157 g/mol. The van der Waals surface area contributed by atoms with Crippen LogP contribution in [0.2, 0.25) is 0 Å². The van der Waals surface area contributed by atoms with E-state index in [1.165, 1.54) is 24.3 Å². The van der Waals surface area contributed by atoms with Crippen molar-refractivity contribution in [1.29, 1.82) is 0 Å². The van der Waals surface area contributed by atoms with Gasteiger partial charge < -0.3 is 0 Å². The molecule has 0 aromatic heterocycles. The summed E-state index contributed by atoms with van der Waals surface area (Å²) in [4.78, 5) is 14.5. The van der Waals surface area contributed by atoms with Gasteiger partial charge in [0.2, 0.25) is 0 Å². The molecule has 0 aromatic rings. The van der Waals surface area contributed by atoms with E-state index in [1.54, 1.807) is 6.08 Å². The van der Waals surface area contributed by atoms with E-state index in [4.69, 9.17) is 0 Å². The molecule has 0 fully saturated rings. The van der Waals surface area contributed by atoms with Gasteiger partial charge in [0.15, 0.2) is 0 Å². The predicted molar refractivity (Wildman–Crippen MR) is 43.4 cm³/mol. The first-order valence-corrected chi connectivity index (χ1v) is 3.62. The zero-order chi connectivity index (χ0) is 8.55. The molecule has 0 radical (unpaired) electrons. The van der Waals surface area contributed by atoms with Crippen LogP contribution in [-0.2, 0) is 4.79 Å². The van der Waals surface area contributed by atoms with E-state index in [1.807, 2.05) is 0 Å². The first-order valence-electron chi connectivity index (χ1n) is 3.62. The number of dihydropyridines is 1. The fourth-order valence-corrected chi connectivity index (χ4v) is 1.21. The number of carbonyl (C=O) groups is 1. The SMILES string of the molecule is O=C1C=CC2C=C(F)C=CC2=N1. The Hall–Kier alpha value is -1.51. The third-order valence-corrected chi connectivity index (χ3v) is 1.78. The van der Waals surface area contributed by atoms with Crippen molar-refractivity contribution in [3.8, 4) is 0 Å². The average Bonchev–Trinajstić information content (AvgIpc) is 2.05. The van der Waals surface area contributed by atoms with Crippen molar-refractivity contribution in [1.82, 2.24) is 0 Å². The standard InChI is InChI=1S/C9H6FNO/c10-7-2-3-8-6(5-7)1-4-9(12)11-8/h1-6H. The quantitative estimate of drug-likeness (QED) is 0.532. The molecular formula is C9H6FNO. The fourth-order valence-electron chi connectivity index (χ4n) is 1.21. The van der Waals surface area contributed by atoms with Gasteiger partial charge in [-0.3, -0.25) is 4.79 Å². The largest absolute Gasteiger partial charge is 0.269 e. The number of carbonyl (C=O) groups excluding carboxylic acids is 1. The van der Waals surface area contributed by atoms with Crippen LogP contribution in [-0.4, -0.2) is 11.6 Å². The number of rotatable bonds is 0. The Balaban J connectivity index is 2.38. The van der Waals surface area contributed by atoms with E-state index in [0.29, 0.717) is 5.71 Å². The van der Waals surface area contributed by atoms with Crippen molar-refractivity contribution >= 4 is 11.6 Å². The number of allylic oxidation sites excluding steroid dienone is 5. The lowest BCUT2D eigenvalue weighted by molar-refractivity contribution is -0.113. The van der Waals surface area contributed by atoms with Crippen LogP contribution in [0.5, 0.6) is 0 Å². The van der Waals surface area contributed by atoms with Crippen LogP contribution in [0.1, 0.15) is 0 Å². The highest BCUT2D eigenvalue weighted by atomic mass is 19.1. The number of hydrogen-bond donors (Lipinski definition) is 0. The Morgan fingerprint density at radius 3 is 3.00 bits per heavy atom. The first kappa shape index (κ1) is 7.16. The minimum Gasteiger partial charge on any atom is -0.267 e. The van der Waals surface area contributed by atoms with Gasteiger partial charge in [-0.1, -0.05) is 6.08 Å². The molecule has 0 aromatic carbocycles. The monoisotopic (exact) mass is 163 g/mol. The molecule has 60 valence electrons. The minimum atomic E-state index is -0.280. The van der Waals surface area contributed by atoms with E-state index in [9.17, 15) is 9.18 Å². The number of hydrogen-bond acceptors (Lipinski definition) is 1.